The largest absolute Gasteiger partial charge is 0.493 e. The van der Waals surface area contributed by atoms with Crippen LogP contribution in [0, 0.1) is 5.92 Å². The molecule has 0 aliphatic heterocycles. The van der Waals surface area contributed by atoms with Gasteiger partial charge in [0.05, 0.1) is 13.7 Å². The summed E-state index contributed by atoms with van der Waals surface area (Å²) in [5.74, 6) is 2.32. The molecular formula is C17H27NO2. The van der Waals surface area contributed by atoms with E-state index in [4.69, 9.17) is 9.47 Å². The second kappa shape index (κ2) is 7.53. The Labute approximate surface area is 122 Å². The summed E-state index contributed by atoms with van der Waals surface area (Å²) < 4.78 is 11.5. The van der Waals surface area contributed by atoms with E-state index < -0.39 is 0 Å². The first-order valence-corrected chi connectivity index (χ1v) is 7.76. The van der Waals surface area contributed by atoms with E-state index in [1.54, 1.807) is 7.11 Å². The van der Waals surface area contributed by atoms with Crippen LogP contribution in [0.4, 0.5) is 0 Å². The predicted octanol–water partition coefficient (Wildman–Crippen LogP) is 3.76. The standard InChI is InChI=1S/C17H27NO2/c1-4-6-13(2)12-20-17-14(11-18-15-9-10-15)7-5-8-16(17)19-3/h5,7-8,13,15,18H,4,6,9-12H2,1-3H3. The van der Waals surface area contributed by atoms with Crippen LogP contribution < -0.4 is 14.8 Å². The molecule has 3 nitrogen and oxygen atoms in total. The number of benzene rings is 1. The number of nitrogens with one attached hydrogen (secondary N) is 1. The second-order valence-corrected chi connectivity index (χ2v) is 5.81. The molecule has 1 aliphatic rings. The smallest absolute Gasteiger partial charge is 0.165 e. The van der Waals surface area contributed by atoms with Crippen LogP contribution in [0.2, 0.25) is 0 Å². The third kappa shape index (κ3) is 4.41. The predicted molar refractivity (Wildman–Crippen MR) is 82.4 cm³/mol. The van der Waals surface area contributed by atoms with Crippen LogP contribution in [-0.2, 0) is 6.54 Å². The van der Waals surface area contributed by atoms with Crippen LogP contribution in [0.5, 0.6) is 11.5 Å². The summed E-state index contributed by atoms with van der Waals surface area (Å²) >= 11 is 0. The summed E-state index contributed by atoms with van der Waals surface area (Å²) in [4.78, 5) is 0. The van der Waals surface area contributed by atoms with E-state index in [1.807, 2.05) is 12.1 Å². The molecule has 1 saturated carbocycles. The maximum atomic E-state index is 6.06. The normalized spacial score (nSPS) is 15.9. The highest BCUT2D eigenvalue weighted by atomic mass is 16.5. The summed E-state index contributed by atoms with van der Waals surface area (Å²) in [6, 6.07) is 6.83. The Morgan fingerprint density at radius 1 is 1.35 bits per heavy atom. The lowest BCUT2D eigenvalue weighted by Crippen LogP contribution is -2.17. The van der Waals surface area contributed by atoms with Crippen LogP contribution >= 0.6 is 0 Å². The van der Waals surface area contributed by atoms with Gasteiger partial charge in [-0.05, 0) is 31.2 Å². The lowest BCUT2D eigenvalue weighted by Gasteiger charge is -2.18. The monoisotopic (exact) mass is 277 g/mol. The molecule has 0 radical (unpaired) electrons. The fraction of sp³-hybridized carbons (Fsp3) is 0.647. The van der Waals surface area contributed by atoms with Gasteiger partial charge in [0.25, 0.3) is 0 Å². The molecule has 1 atom stereocenters. The highest BCUT2D eigenvalue weighted by molar-refractivity contribution is 5.46. The summed E-state index contributed by atoms with van der Waals surface area (Å²) in [5, 5.41) is 3.54. The number of hydrogen-bond acceptors (Lipinski definition) is 3. The number of methoxy groups -OCH3 is 1. The first kappa shape index (κ1) is 15.2. The molecule has 112 valence electrons. The summed E-state index contributed by atoms with van der Waals surface area (Å²) in [7, 11) is 1.70. The Kier molecular flexibility index (Phi) is 5.72. The van der Waals surface area contributed by atoms with Crippen molar-refractivity contribution in [2.45, 2.75) is 52.1 Å². The van der Waals surface area contributed by atoms with E-state index in [-0.39, 0.29) is 0 Å². The van der Waals surface area contributed by atoms with Gasteiger partial charge in [0.1, 0.15) is 0 Å². The van der Waals surface area contributed by atoms with Crippen molar-refractivity contribution >= 4 is 0 Å². The van der Waals surface area contributed by atoms with Gasteiger partial charge in [-0.1, -0.05) is 32.4 Å². The SMILES string of the molecule is CCCC(C)COc1c(CNC2CC2)cccc1OC. The molecule has 1 aromatic rings. The lowest BCUT2D eigenvalue weighted by atomic mass is 10.1. The Hall–Kier alpha value is -1.22. The molecule has 1 fully saturated rings. The van der Waals surface area contributed by atoms with E-state index in [9.17, 15) is 0 Å². The molecular weight excluding hydrogens is 250 g/mol. The zero-order valence-corrected chi connectivity index (χ0v) is 12.9. The molecule has 0 bridgehead atoms. The van der Waals surface area contributed by atoms with Crippen molar-refractivity contribution in [3.63, 3.8) is 0 Å². The fourth-order valence-corrected chi connectivity index (χ4v) is 2.37. The van der Waals surface area contributed by atoms with Gasteiger partial charge in [-0.2, -0.15) is 0 Å². The highest BCUT2D eigenvalue weighted by Gasteiger charge is 2.21. The van der Waals surface area contributed by atoms with E-state index in [0.29, 0.717) is 12.0 Å². The zero-order valence-electron chi connectivity index (χ0n) is 12.9. The number of para-hydroxylation sites is 1. The lowest BCUT2D eigenvalue weighted by molar-refractivity contribution is 0.237. The highest BCUT2D eigenvalue weighted by Crippen LogP contribution is 2.32. The molecule has 0 amide bonds. The molecule has 2 rings (SSSR count). The molecule has 20 heavy (non-hydrogen) atoms. The van der Waals surface area contributed by atoms with Crippen molar-refractivity contribution in [1.29, 1.82) is 0 Å². The van der Waals surface area contributed by atoms with Crippen molar-refractivity contribution < 1.29 is 9.47 Å². The Bertz CT molecular complexity index is 415. The molecule has 0 saturated heterocycles. The second-order valence-electron chi connectivity index (χ2n) is 5.81. The van der Waals surface area contributed by atoms with Crippen LogP contribution in [0.1, 0.15) is 45.1 Å². The van der Waals surface area contributed by atoms with E-state index in [1.165, 1.54) is 31.2 Å². The number of ether oxygens (including phenoxy) is 2. The number of hydrogen-bond donors (Lipinski definition) is 1. The van der Waals surface area contributed by atoms with Crippen LogP contribution in [0.25, 0.3) is 0 Å². The average molecular weight is 277 g/mol. The topological polar surface area (TPSA) is 30.5 Å². The van der Waals surface area contributed by atoms with E-state index >= 15 is 0 Å². The van der Waals surface area contributed by atoms with Gasteiger partial charge in [-0.25, -0.2) is 0 Å². The minimum Gasteiger partial charge on any atom is -0.493 e. The van der Waals surface area contributed by atoms with Crippen molar-refractivity contribution in [2.75, 3.05) is 13.7 Å². The third-order valence-corrected chi connectivity index (χ3v) is 3.73. The van der Waals surface area contributed by atoms with Gasteiger partial charge in [0.2, 0.25) is 0 Å². The first-order chi connectivity index (χ1) is 9.74. The minimum atomic E-state index is 0.578. The third-order valence-electron chi connectivity index (χ3n) is 3.73. The Morgan fingerprint density at radius 3 is 2.80 bits per heavy atom. The minimum absolute atomic E-state index is 0.578. The van der Waals surface area contributed by atoms with Crippen LogP contribution in [0.3, 0.4) is 0 Å². The fourth-order valence-electron chi connectivity index (χ4n) is 2.37. The molecule has 3 heteroatoms. The zero-order chi connectivity index (χ0) is 14.4. The van der Waals surface area contributed by atoms with Gasteiger partial charge in [0, 0.05) is 18.2 Å². The molecule has 0 heterocycles. The van der Waals surface area contributed by atoms with Crippen LogP contribution in [-0.4, -0.2) is 19.8 Å². The van der Waals surface area contributed by atoms with Gasteiger partial charge >= 0.3 is 0 Å². The van der Waals surface area contributed by atoms with Crippen molar-refractivity contribution in [3.8, 4) is 11.5 Å². The Balaban J connectivity index is 2.01. The van der Waals surface area contributed by atoms with Crippen LogP contribution in [0.15, 0.2) is 18.2 Å². The molecule has 1 N–H and O–H groups in total. The van der Waals surface area contributed by atoms with E-state index in [2.05, 4.69) is 25.2 Å². The molecule has 0 spiro atoms. The van der Waals surface area contributed by atoms with Gasteiger partial charge in [0.15, 0.2) is 11.5 Å². The van der Waals surface area contributed by atoms with Crippen molar-refractivity contribution in [2.24, 2.45) is 5.92 Å². The Morgan fingerprint density at radius 2 is 2.15 bits per heavy atom. The average Bonchev–Trinajstić information content (AvgIpc) is 3.27. The van der Waals surface area contributed by atoms with E-state index in [0.717, 1.165) is 24.7 Å². The summed E-state index contributed by atoms with van der Waals surface area (Å²) in [6.07, 6.45) is 5.00. The molecule has 1 unspecified atom stereocenters. The maximum Gasteiger partial charge on any atom is 0.165 e. The summed E-state index contributed by atoms with van der Waals surface area (Å²) in [6.45, 7) is 6.07. The van der Waals surface area contributed by atoms with Crippen molar-refractivity contribution in [3.05, 3.63) is 23.8 Å². The van der Waals surface area contributed by atoms with Gasteiger partial charge in [-0.15, -0.1) is 0 Å². The first-order valence-electron chi connectivity index (χ1n) is 7.76. The molecule has 1 aliphatic carbocycles. The summed E-state index contributed by atoms with van der Waals surface area (Å²) in [5.41, 5.74) is 1.19. The molecule has 0 aromatic heterocycles. The van der Waals surface area contributed by atoms with Crippen molar-refractivity contribution in [1.82, 2.24) is 5.32 Å². The number of rotatable bonds is 9. The maximum absolute atomic E-state index is 6.06. The molecule has 1 aromatic carbocycles. The van der Waals surface area contributed by atoms with Gasteiger partial charge < -0.3 is 14.8 Å². The quantitative estimate of drug-likeness (QED) is 0.745. The van der Waals surface area contributed by atoms with Gasteiger partial charge in [-0.3, -0.25) is 0 Å².